The number of sulfone groups is 1. The van der Waals surface area contributed by atoms with E-state index in [1.165, 1.54) is 18.2 Å². The number of halogens is 1. The summed E-state index contributed by atoms with van der Waals surface area (Å²) in [5.41, 5.74) is 0.247. The van der Waals surface area contributed by atoms with Crippen molar-refractivity contribution in [3.63, 3.8) is 0 Å². The van der Waals surface area contributed by atoms with Gasteiger partial charge in [0.05, 0.1) is 15.5 Å². The number of benzene rings is 1. The topological polar surface area (TPSA) is 66.5 Å². The number of nitrogens with zero attached hydrogens (tertiary/aromatic N) is 1. The maximum atomic E-state index is 12.5. The number of nitrogens with one attached hydrogen (secondary N) is 1. The fourth-order valence-electron chi connectivity index (χ4n) is 2.12. The van der Waals surface area contributed by atoms with Crippen LogP contribution in [0.3, 0.4) is 0 Å². The van der Waals surface area contributed by atoms with Crippen LogP contribution in [0.15, 0.2) is 23.1 Å². The summed E-state index contributed by atoms with van der Waals surface area (Å²) < 4.78 is 23.1. The predicted molar refractivity (Wildman–Crippen MR) is 78.0 cm³/mol. The number of carbonyl (C=O) groups is 1. The molecule has 0 radical (unpaired) electrons. The number of hydrogen-bond acceptors (Lipinski definition) is 4. The van der Waals surface area contributed by atoms with Crippen LogP contribution in [0.25, 0.3) is 0 Å². The van der Waals surface area contributed by atoms with Gasteiger partial charge in [0, 0.05) is 25.9 Å². The fourth-order valence-corrected chi connectivity index (χ4v) is 2.96. The van der Waals surface area contributed by atoms with E-state index in [0.717, 1.165) is 25.8 Å². The molecule has 1 aliphatic rings. The average molecular weight is 317 g/mol. The summed E-state index contributed by atoms with van der Waals surface area (Å²) >= 11 is 6.04. The third kappa shape index (κ3) is 3.50. The van der Waals surface area contributed by atoms with Crippen LogP contribution in [0.5, 0.6) is 0 Å². The molecule has 1 amide bonds. The molecule has 0 spiro atoms. The first-order chi connectivity index (χ1) is 9.39. The molecule has 0 aliphatic carbocycles. The molecule has 0 bridgehead atoms. The van der Waals surface area contributed by atoms with Crippen molar-refractivity contribution >= 4 is 27.3 Å². The molecule has 1 heterocycles. The number of carbonyl (C=O) groups excluding carboxylic acids is 1. The number of amides is 1. The quantitative estimate of drug-likeness (QED) is 0.889. The van der Waals surface area contributed by atoms with E-state index in [-0.39, 0.29) is 21.4 Å². The van der Waals surface area contributed by atoms with E-state index >= 15 is 0 Å². The minimum absolute atomic E-state index is 0.109. The molecule has 1 fully saturated rings. The molecule has 5 nitrogen and oxygen atoms in total. The van der Waals surface area contributed by atoms with Crippen LogP contribution in [-0.2, 0) is 9.84 Å². The van der Waals surface area contributed by atoms with E-state index in [2.05, 4.69) is 5.32 Å². The first-order valence-corrected chi connectivity index (χ1v) is 8.66. The third-order valence-corrected chi connectivity index (χ3v) is 4.66. The van der Waals surface area contributed by atoms with Crippen LogP contribution in [0, 0.1) is 0 Å². The minimum atomic E-state index is -3.36. The maximum Gasteiger partial charge on any atom is 0.255 e. The van der Waals surface area contributed by atoms with Crippen molar-refractivity contribution in [1.29, 1.82) is 0 Å². The Morgan fingerprint density at radius 3 is 2.75 bits per heavy atom. The molecule has 1 aromatic carbocycles. The van der Waals surface area contributed by atoms with Gasteiger partial charge in [-0.3, -0.25) is 4.79 Å². The second kappa shape index (κ2) is 6.11. The van der Waals surface area contributed by atoms with Crippen molar-refractivity contribution in [3.8, 4) is 0 Å². The molecule has 2 rings (SSSR count). The fraction of sp³-hybridized carbons (Fsp3) is 0.462. The van der Waals surface area contributed by atoms with Crippen LogP contribution in [0.1, 0.15) is 16.8 Å². The van der Waals surface area contributed by atoms with Crippen molar-refractivity contribution in [1.82, 2.24) is 10.2 Å². The number of rotatable bonds is 2. The molecule has 0 aromatic heterocycles. The highest BCUT2D eigenvalue weighted by molar-refractivity contribution is 7.90. The molecule has 20 heavy (non-hydrogen) atoms. The highest BCUT2D eigenvalue weighted by atomic mass is 35.5. The second-order valence-electron chi connectivity index (χ2n) is 4.81. The lowest BCUT2D eigenvalue weighted by molar-refractivity contribution is 0.0766. The van der Waals surface area contributed by atoms with Gasteiger partial charge in [0.2, 0.25) is 0 Å². The van der Waals surface area contributed by atoms with E-state index in [1.54, 1.807) is 4.90 Å². The zero-order valence-electron chi connectivity index (χ0n) is 11.2. The largest absolute Gasteiger partial charge is 0.337 e. The Balaban J connectivity index is 2.33. The zero-order valence-corrected chi connectivity index (χ0v) is 12.8. The first-order valence-electron chi connectivity index (χ1n) is 6.39. The Hall–Kier alpha value is -1.11. The van der Waals surface area contributed by atoms with Crippen molar-refractivity contribution in [3.05, 3.63) is 28.8 Å². The van der Waals surface area contributed by atoms with E-state index in [1.807, 2.05) is 0 Å². The average Bonchev–Trinajstić information content (AvgIpc) is 2.66. The Labute approximate surface area is 123 Å². The van der Waals surface area contributed by atoms with Gasteiger partial charge in [0.1, 0.15) is 0 Å². The molecule has 7 heteroatoms. The summed E-state index contributed by atoms with van der Waals surface area (Å²) in [6, 6.07) is 4.23. The van der Waals surface area contributed by atoms with Crippen LogP contribution in [-0.4, -0.2) is 51.7 Å². The van der Waals surface area contributed by atoms with Crippen molar-refractivity contribution < 1.29 is 13.2 Å². The summed E-state index contributed by atoms with van der Waals surface area (Å²) in [6.07, 6.45) is 1.98. The van der Waals surface area contributed by atoms with Crippen molar-refractivity contribution in [2.75, 3.05) is 32.4 Å². The lowest BCUT2D eigenvalue weighted by atomic mass is 10.2. The molecule has 0 saturated carbocycles. The predicted octanol–water partition coefficient (Wildman–Crippen LogP) is 1.18. The number of hydrogen-bond donors (Lipinski definition) is 1. The molecular formula is C13H17ClN2O3S. The van der Waals surface area contributed by atoms with Crippen LogP contribution in [0.4, 0.5) is 0 Å². The molecule has 1 N–H and O–H groups in total. The van der Waals surface area contributed by atoms with Gasteiger partial charge in [-0.2, -0.15) is 0 Å². The van der Waals surface area contributed by atoms with Gasteiger partial charge in [-0.05, 0) is 31.2 Å². The smallest absolute Gasteiger partial charge is 0.255 e. The van der Waals surface area contributed by atoms with E-state index in [0.29, 0.717) is 13.1 Å². The third-order valence-electron chi connectivity index (χ3n) is 3.22. The van der Waals surface area contributed by atoms with E-state index in [9.17, 15) is 13.2 Å². The summed E-state index contributed by atoms with van der Waals surface area (Å²) in [5, 5.41) is 3.49. The van der Waals surface area contributed by atoms with Gasteiger partial charge in [-0.1, -0.05) is 11.6 Å². The van der Waals surface area contributed by atoms with Crippen molar-refractivity contribution in [2.45, 2.75) is 11.3 Å². The first kappa shape index (κ1) is 15.3. The Morgan fingerprint density at radius 1 is 1.30 bits per heavy atom. The Kier molecular flexibility index (Phi) is 4.67. The highest BCUT2D eigenvalue weighted by Crippen LogP contribution is 2.22. The van der Waals surface area contributed by atoms with Gasteiger partial charge in [-0.25, -0.2) is 8.42 Å². The maximum absolute atomic E-state index is 12.5. The molecule has 0 atom stereocenters. The lowest BCUT2D eigenvalue weighted by Crippen LogP contribution is -2.34. The molecular weight excluding hydrogens is 300 g/mol. The van der Waals surface area contributed by atoms with E-state index < -0.39 is 9.84 Å². The minimum Gasteiger partial charge on any atom is -0.337 e. The molecule has 1 aliphatic heterocycles. The van der Waals surface area contributed by atoms with Gasteiger partial charge in [-0.15, -0.1) is 0 Å². The van der Waals surface area contributed by atoms with E-state index in [4.69, 9.17) is 11.6 Å². The Bertz CT molecular complexity index is 608. The van der Waals surface area contributed by atoms with Crippen LogP contribution in [0.2, 0.25) is 5.02 Å². The molecule has 0 unspecified atom stereocenters. The van der Waals surface area contributed by atoms with Crippen molar-refractivity contribution in [2.24, 2.45) is 0 Å². The second-order valence-corrected chi connectivity index (χ2v) is 7.23. The zero-order chi connectivity index (χ0) is 14.8. The van der Waals surface area contributed by atoms with Crippen LogP contribution >= 0.6 is 11.6 Å². The molecule has 1 saturated heterocycles. The van der Waals surface area contributed by atoms with Gasteiger partial charge < -0.3 is 10.2 Å². The normalized spacial score (nSPS) is 16.8. The Morgan fingerprint density at radius 2 is 2.05 bits per heavy atom. The molecule has 110 valence electrons. The molecule has 1 aromatic rings. The SMILES string of the molecule is CS(=O)(=O)c1ccc(Cl)c(C(=O)N2CCCNCC2)c1. The van der Waals surface area contributed by atoms with Gasteiger partial charge >= 0.3 is 0 Å². The summed E-state index contributed by atoms with van der Waals surface area (Å²) in [7, 11) is -3.36. The van der Waals surface area contributed by atoms with Crippen LogP contribution < -0.4 is 5.32 Å². The summed E-state index contributed by atoms with van der Waals surface area (Å²) in [6.45, 7) is 2.85. The van der Waals surface area contributed by atoms with Gasteiger partial charge in [0.25, 0.3) is 5.91 Å². The summed E-state index contributed by atoms with van der Waals surface area (Å²) in [4.78, 5) is 14.3. The summed E-state index contributed by atoms with van der Waals surface area (Å²) in [5.74, 6) is -0.218. The standard InChI is InChI=1S/C13H17ClN2O3S/c1-20(18,19)10-3-4-12(14)11(9-10)13(17)16-7-2-5-15-6-8-16/h3-4,9,15H,2,5-8H2,1H3. The lowest BCUT2D eigenvalue weighted by Gasteiger charge is -2.20. The highest BCUT2D eigenvalue weighted by Gasteiger charge is 2.21. The van der Waals surface area contributed by atoms with Gasteiger partial charge in [0.15, 0.2) is 9.84 Å². The monoisotopic (exact) mass is 316 g/mol.